The van der Waals surface area contributed by atoms with Crippen LogP contribution in [0.5, 0.6) is 0 Å². The molecular weight excluding hydrogens is 271 g/mol. The first-order valence-corrected chi connectivity index (χ1v) is 6.95. The van der Waals surface area contributed by atoms with E-state index in [-0.39, 0.29) is 0 Å². The van der Waals surface area contributed by atoms with Gasteiger partial charge in [-0.2, -0.15) is 0 Å². The van der Waals surface area contributed by atoms with Crippen LogP contribution >= 0.6 is 22.6 Å². The molecule has 64 valence electrons. The van der Waals surface area contributed by atoms with E-state index in [9.17, 15) is 0 Å². The first kappa shape index (κ1) is 13.7. The van der Waals surface area contributed by atoms with Crippen LogP contribution in [0.4, 0.5) is 0 Å². The van der Waals surface area contributed by atoms with Crippen LogP contribution in [0, 0.1) is 0 Å². The van der Waals surface area contributed by atoms with Crippen molar-refractivity contribution in [2.45, 2.75) is 32.6 Å². The highest BCUT2D eigenvalue weighted by atomic mass is 127. The van der Waals surface area contributed by atoms with Crippen molar-refractivity contribution < 1.29 is 4.12 Å². The van der Waals surface area contributed by atoms with Gasteiger partial charge in [0.15, 0.2) is 0 Å². The molecule has 0 aromatic carbocycles. The number of unbranched alkanes of at least 4 members (excludes halogenated alkanes) is 3. The van der Waals surface area contributed by atoms with Crippen molar-refractivity contribution >= 4 is 43.6 Å². The molecule has 1 nitrogen and oxygen atoms in total. The molecule has 0 bridgehead atoms. The fourth-order valence-corrected chi connectivity index (χ4v) is 1.06. The fourth-order valence-electron chi connectivity index (χ4n) is 0.521. The molecule has 0 saturated carbocycles. The second-order valence-corrected chi connectivity index (χ2v) is 6.50. The van der Waals surface area contributed by atoms with Crippen LogP contribution in [0.15, 0.2) is 0 Å². The molecule has 0 unspecified atom stereocenters. The summed E-state index contributed by atoms with van der Waals surface area (Å²) in [4.78, 5) is 0. The molecule has 0 heterocycles. The van der Waals surface area contributed by atoms with E-state index in [0.717, 1.165) is 21.0 Å². The van der Waals surface area contributed by atoms with Gasteiger partial charge in [0.1, 0.15) is 21.0 Å². The molecule has 0 aromatic rings. The molecule has 0 aliphatic heterocycles. The molecule has 0 amide bonds. The van der Waals surface area contributed by atoms with Crippen molar-refractivity contribution in [1.29, 1.82) is 0 Å². The zero-order chi connectivity index (χ0) is 8.24. The monoisotopic (exact) mass is 290 g/mol. The summed E-state index contributed by atoms with van der Waals surface area (Å²) in [7, 11) is 1.86. The maximum Gasteiger partial charge on any atom is 0.129 e. The predicted molar refractivity (Wildman–Crippen MR) is 64.0 cm³/mol. The van der Waals surface area contributed by atoms with Crippen molar-refractivity contribution in [3.8, 4) is 0 Å². The predicted octanol–water partition coefficient (Wildman–Crippen LogP) is 0.566. The standard InChI is InChI=1S/C6H13I.H6OSi2/c1-2-3-4-5-6-7;2-1-3/h2-6H2,1H3;2-3H3. The minimum absolute atomic E-state index is 0.931. The molecular formula is C6H19IOSi2. The average Bonchev–Trinajstić information content (AvgIpc) is 1.91. The first-order valence-electron chi connectivity index (χ1n) is 3.79. The molecule has 0 rings (SSSR count). The molecule has 0 aliphatic carbocycles. The van der Waals surface area contributed by atoms with Crippen molar-refractivity contribution in [3.63, 3.8) is 0 Å². The summed E-state index contributed by atoms with van der Waals surface area (Å²) in [5.41, 5.74) is 0. The molecule has 10 heavy (non-hydrogen) atoms. The third kappa shape index (κ3) is 22.9. The fraction of sp³-hybridized carbons (Fsp3) is 1.00. The number of hydrogen-bond donors (Lipinski definition) is 0. The molecule has 0 saturated heterocycles. The Kier molecular flexibility index (Phi) is 22.7. The van der Waals surface area contributed by atoms with E-state index < -0.39 is 0 Å². The van der Waals surface area contributed by atoms with E-state index in [4.69, 9.17) is 0 Å². The summed E-state index contributed by atoms with van der Waals surface area (Å²) in [6.07, 6.45) is 5.62. The van der Waals surface area contributed by atoms with Gasteiger partial charge in [0, 0.05) is 0 Å². The highest BCUT2D eigenvalue weighted by Gasteiger charge is 1.80. The molecule has 4 heteroatoms. The second kappa shape index (κ2) is 16.6. The topological polar surface area (TPSA) is 9.23 Å². The normalized spacial score (nSPS) is 9.00. The maximum absolute atomic E-state index is 4.53. The highest BCUT2D eigenvalue weighted by Crippen LogP contribution is 2.00. The lowest BCUT2D eigenvalue weighted by molar-refractivity contribution is 0.690. The van der Waals surface area contributed by atoms with E-state index in [1.807, 2.05) is 0 Å². The van der Waals surface area contributed by atoms with Crippen LogP contribution in [0.2, 0.25) is 0 Å². The molecule has 0 radical (unpaired) electrons. The SMILES string of the molecule is CCCCCCI.[SiH3]O[SiH3]. The van der Waals surface area contributed by atoms with E-state index in [1.165, 1.54) is 30.1 Å². The molecule has 0 N–H and O–H groups in total. The Morgan fingerprint density at radius 2 is 1.70 bits per heavy atom. The smallest absolute Gasteiger partial charge is 0.129 e. The number of hydrogen-bond acceptors (Lipinski definition) is 1. The van der Waals surface area contributed by atoms with E-state index in [2.05, 4.69) is 33.6 Å². The Labute approximate surface area is 84.5 Å². The van der Waals surface area contributed by atoms with Gasteiger partial charge < -0.3 is 4.12 Å². The summed E-state index contributed by atoms with van der Waals surface area (Å²) in [6, 6.07) is 0. The quantitative estimate of drug-likeness (QED) is 0.318. The van der Waals surface area contributed by atoms with Gasteiger partial charge in [-0.25, -0.2) is 0 Å². The zero-order valence-corrected chi connectivity index (χ0v) is 13.5. The molecule has 0 aromatic heterocycles. The lowest BCUT2D eigenvalue weighted by Gasteiger charge is -1.89. The number of halogens is 1. The summed E-state index contributed by atoms with van der Waals surface area (Å²) >= 11 is 2.43. The Morgan fingerprint density at radius 1 is 1.20 bits per heavy atom. The summed E-state index contributed by atoms with van der Waals surface area (Å²) in [5.74, 6) is 0. The minimum atomic E-state index is 0.931. The zero-order valence-electron chi connectivity index (χ0n) is 7.32. The van der Waals surface area contributed by atoms with Crippen LogP contribution in [-0.4, -0.2) is 25.4 Å². The first-order chi connectivity index (χ1) is 4.83. The van der Waals surface area contributed by atoms with Gasteiger partial charge >= 0.3 is 0 Å². The maximum atomic E-state index is 4.53. The van der Waals surface area contributed by atoms with Crippen LogP contribution in [0.25, 0.3) is 0 Å². The van der Waals surface area contributed by atoms with Gasteiger partial charge in [0.25, 0.3) is 0 Å². The molecule has 0 fully saturated rings. The number of rotatable bonds is 4. The third-order valence-corrected chi connectivity index (χ3v) is 1.75. The van der Waals surface area contributed by atoms with E-state index >= 15 is 0 Å². The van der Waals surface area contributed by atoms with Crippen LogP contribution in [-0.2, 0) is 4.12 Å². The van der Waals surface area contributed by atoms with Crippen molar-refractivity contribution in [2.75, 3.05) is 4.43 Å². The van der Waals surface area contributed by atoms with Crippen molar-refractivity contribution in [1.82, 2.24) is 0 Å². The largest absolute Gasteiger partial charge is 0.471 e. The van der Waals surface area contributed by atoms with Crippen molar-refractivity contribution in [2.24, 2.45) is 0 Å². The summed E-state index contributed by atoms with van der Waals surface area (Å²) in [5, 5.41) is 0. The summed E-state index contributed by atoms with van der Waals surface area (Å²) < 4.78 is 5.86. The highest BCUT2D eigenvalue weighted by molar-refractivity contribution is 14.1. The second-order valence-electron chi connectivity index (χ2n) is 2.16. The Balaban J connectivity index is 0. The summed E-state index contributed by atoms with van der Waals surface area (Å²) in [6.45, 7) is 2.24. The Bertz CT molecular complexity index is 42.7. The molecule has 0 atom stereocenters. The van der Waals surface area contributed by atoms with Crippen molar-refractivity contribution in [3.05, 3.63) is 0 Å². The minimum Gasteiger partial charge on any atom is -0.471 e. The average molecular weight is 290 g/mol. The Morgan fingerprint density at radius 3 is 2.00 bits per heavy atom. The van der Waals surface area contributed by atoms with Gasteiger partial charge in [-0.05, 0) is 10.8 Å². The molecule has 0 aliphatic rings. The van der Waals surface area contributed by atoms with Gasteiger partial charge in [0.05, 0.1) is 0 Å². The third-order valence-electron chi connectivity index (χ3n) is 0.987. The van der Waals surface area contributed by atoms with Gasteiger partial charge in [-0.15, -0.1) is 0 Å². The van der Waals surface area contributed by atoms with Gasteiger partial charge in [-0.3, -0.25) is 0 Å². The van der Waals surface area contributed by atoms with Crippen LogP contribution < -0.4 is 0 Å². The van der Waals surface area contributed by atoms with E-state index in [1.54, 1.807) is 0 Å². The van der Waals surface area contributed by atoms with E-state index in [0.29, 0.717) is 0 Å². The van der Waals surface area contributed by atoms with Crippen LogP contribution in [0.1, 0.15) is 32.6 Å². The molecule has 0 spiro atoms. The van der Waals surface area contributed by atoms with Gasteiger partial charge in [0.2, 0.25) is 0 Å². The lowest BCUT2D eigenvalue weighted by atomic mass is 10.2. The Hall–Kier alpha value is 1.12. The van der Waals surface area contributed by atoms with Crippen LogP contribution in [0.3, 0.4) is 0 Å². The lowest BCUT2D eigenvalue weighted by Crippen LogP contribution is -1.73. The number of alkyl halides is 1. The van der Waals surface area contributed by atoms with Gasteiger partial charge in [-0.1, -0.05) is 48.8 Å².